The predicted molar refractivity (Wildman–Crippen MR) is 112 cm³/mol. The number of hydrogen-bond acceptors (Lipinski definition) is 3. The first-order chi connectivity index (χ1) is 12.7. The number of halogens is 1. The Morgan fingerprint density at radius 1 is 1.00 bits per heavy atom. The first-order valence-corrected chi connectivity index (χ1v) is 9.31. The largest absolute Gasteiger partial charge is 0.496 e. The van der Waals surface area contributed by atoms with Crippen LogP contribution in [0.4, 0.5) is 0 Å². The van der Waals surface area contributed by atoms with Gasteiger partial charge in [-0.25, -0.2) is 4.98 Å². The highest BCUT2D eigenvalue weighted by atomic mass is 127. The van der Waals surface area contributed by atoms with Gasteiger partial charge in [-0.1, -0.05) is 12.1 Å². The van der Waals surface area contributed by atoms with Crippen molar-refractivity contribution >= 4 is 33.6 Å². The Morgan fingerprint density at radius 2 is 1.81 bits per heavy atom. The number of ether oxygens (including phenoxy) is 2. The summed E-state index contributed by atoms with van der Waals surface area (Å²) >= 11 is 2.28. The van der Waals surface area contributed by atoms with Crippen molar-refractivity contribution < 1.29 is 9.47 Å². The predicted octanol–water partition coefficient (Wildman–Crippen LogP) is 5.42. The Kier molecular flexibility index (Phi) is 4.79. The number of imidazole rings is 1. The molecule has 4 nitrogen and oxygen atoms in total. The van der Waals surface area contributed by atoms with Crippen LogP contribution in [0.3, 0.4) is 0 Å². The van der Waals surface area contributed by atoms with Crippen molar-refractivity contribution in [3.63, 3.8) is 0 Å². The van der Waals surface area contributed by atoms with Crippen molar-refractivity contribution in [1.82, 2.24) is 9.97 Å². The third-order valence-electron chi connectivity index (χ3n) is 4.15. The van der Waals surface area contributed by atoms with E-state index in [0.717, 1.165) is 39.5 Å². The normalized spacial score (nSPS) is 10.8. The van der Waals surface area contributed by atoms with Gasteiger partial charge in [0.1, 0.15) is 23.9 Å². The van der Waals surface area contributed by atoms with Crippen molar-refractivity contribution in [2.24, 2.45) is 0 Å². The number of rotatable bonds is 5. The first-order valence-electron chi connectivity index (χ1n) is 8.23. The number of benzene rings is 3. The molecule has 0 aliphatic carbocycles. The lowest BCUT2D eigenvalue weighted by Gasteiger charge is -2.11. The van der Waals surface area contributed by atoms with Gasteiger partial charge in [0.05, 0.1) is 18.1 Å². The van der Waals surface area contributed by atoms with Crippen LogP contribution in [0.2, 0.25) is 0 Å². The molecule has 0 bridgehead atoms. The monoisotopic (exact) mass is 456 g/mol. The lowest BCUT2D eigenvalue weighted by molar-refractivity contribution is 0.296. The molecule has 4 aromatic rings. The molecule has 5 heteroatoms. The molecule has 130 valence electrons. The molecule has 0 radical (unpaired) electrons. The average Bonchev–Trinajstić information content (AvgIpc) is 3.11. The Morgan fingerprint density at radius 3 is 2.58 bits per heavy atom. The Balaban J connectivity index is 1.63. The molecule has 4 rings (SSSR count). The SMILES string of the molecule is COc1ccc(-c2nc3ccccc3[nH]2)cc1COc1ccc(I)cc1. The zero-order chi connectivity index (χ0) is 17.9. The number of para-hydroxylation sites is 2. The smallest absolute Gasteiger partial charge is 0.138 e. The summed E-state index contributed by atoms with van der Waals surface area (Å²) < 4.78 is 12.6. The number of nitrogens with one attached hydrogen (secondary N) is 1. The van der Waals surface area contributed by atoms with E-state index in [0.29, 0.717) is 6.61 Å². The summed E-state index contributed by atoms with van der Waals surface area (Å²) in [6.45, 7) is 0.428. The topological polar surface area (TPSA) is 47.1 Å². The van der Waals surface area contributed by atoms with Gasteiger partial charge in [-0.15, -0.1) is 0 Å². The van der Waals surface area contributed by atoms with Crippen LogP contribution in [0.15, 0.2) is 66.7 Å². The van der Waals surface area contributed by atoms with Gasteiger partial charge in [0.2, 0.25) is 0 Å². The molecule has 1 aromatic heterocycles. The Bertz CT molecular complexity index is 1010. The lowest BCUT2D eigenvalue weighted by atomic mass is 10.1. The molecular formula is C21H17IN2O2. The van der Waals surface area contributed by atoms with Gasteiger partial charge >= 0.3 is 0 Å². The summed E-state index contributed by atoms with van der Waals surface area (Å²) in [5.74, 6) is 2.47. The van der Waals surface area contributed by atoms with Gasteiger partial charge in [-0.3, -0.25) is 0 Å². The van der Waals surface area contributed by atoms with Crippen LogP contribution in [0, 0.1) is 3.57 Å². The molecule has 0 atom stereocenters. The van der Waals surface area contributed by atoms with E-state index >= 15 is 0 Å². The Hall–Kier alpha value is -2.54. The fourth-order valence-corrected chi connectivity index (χ4v) is 3.18. The van der Waals surface area contributed by atoms with Crippen molar-refractivity contribution in [1.29, 1.82) is 0 Å². The van der Waals surface area contributed by atoms with Gasteiger partial charge in [0.15, 0.2) is 0 Å². The number of H-pyrrole nitrogens is 1. The van der Waals surface area contributed by atoms with Gasteiger partial charge in [0.25, 0.3) is 0 Å². The van der Waals surface area contributed by atoms with E-state index in [2.05, 4.69) is 38.6 Å². The molecule has 0 aliphatic rings. The average molecular weight is 456 g/mol. The second kappa shape index (κ2) is 7.37. The quantitative estimate of drug-likeness (QED) is 0.408. The van der Waals surface area contributed by atoms with Crippen molar-refractivity contribution in [3.05, 3.63) is 75.9 Å². The van der Waals surface area contributed by atoms with Crippen LogP contribution >= 0.6 is 22.6 Å². The van der Waals surface area contributed by atoms with E-state index in [1.54, 1.807) is 7.11 Å². The van der Waals surface area contributed by atoms with E-state index in [4.69, 9.17) is 9.47 Å². The highest BCUT2D eigenvalue weighted by Crippen LogP contribution is 2.28. The molecule has 26 heavy (non-hydrogen) atoms. The lowest BCUT2D eigenvalue weighted by Crippen LogP contribution is -1.99. The number of aromatic amines is 1. The number of fused-ring (bicyclic) bond motifs is 1. The van der Waals surface area contributed by atoms with Crippen LogP contribution in [-0.4, -0.2) is 17.1 Å². The molecular weight excluding hydrogens is 439 g/mol. The van der Waals surface area contributed by atoms with Gasteiger partial charge in [0, 0.05) is 14.7 Å². The highest BCUT2D eigenvalue weighted by molar-refractivity contribution is 14.1. The summed E-state index contributed by atoms with van der Waals surface area (Å²) in [5, 5.41) is 0. The summed E-state index contributed by atoms with van der Waals surface area (Å²) in [6, 6.07) is 22.0. The van der Waals surface area contributed by atoms with Crippen LogP contribution < -0.4 is 9.47 Å². The second-order valence-corrected chi connectivity index (χ2v) is 7.12. The number of methoxy groups -OCH3 is 1. The minimum Gasteiger partial charge on any atom is -0.496 e. The van der Waals surface area contributed by atoms with Crippen molar-refractivity contribution in [2.45, 2.75) is 6.61 Å². The van der Waals surface area contributed by atoms with E-state index in [1.165, 1.54) is 3.57 Å². The van der Waals surface area contributed by atoms with Crippen LogP contribution in [0.1, 0.15) is 5.56 Å². The van der Waals surface area contributed by atoms with Crippen LogP contribution in [0.5, 0.6) is 11.5 Å². The number of aromatic nitrogens is 2. The molecule has 0 fully saturated rings. The molecule has 3 aromatic carbocycles. The summed E-state index contributed by atoms with van der Waals surface area (Å²) in [6.07, 6.45) is 0. The molecule has 0 aliphatic heterocycles. The minimum absolute atomic E-state index is 0.428. The summed E-state index contributed by atoms with van der Waals surface area (Å²) in [5.41, 5.74) is 3.96. The summed E-state index contributed by atoms with van der Waals surface area (Å²) in [7, 11) is 1.67. The third kappa shape index (κ3) is 3.53. The maximum Gasteiger partial charge on any atom is 0.138 e. The van der Waals surface area contributed by atoms with Gasteiger partial charge in [-0.2, -0.15) is 0 Å². The molecule has 1 N–H and O–H groups in total. The maximum atomic E-state index is 5.93. The highest BCUT2D eigenvalue weighted by Gasteiger charge is 2.10. The standard InChI is InChI=1S/C21H17IN2O2/c1-25-20-11-6-14(21-23-18-4-2-3-5-19(18)24-21)12-15(20)13-26-17-9-7-16(22)8-10-17/h2-12H,13H2,1H3,(H,23,24). The van der Waals surface area contributed by atoms with E-state index in [1.807, 2.05) is 60.7 Å². The van der Waals surface area contributed by atoms with Crippen LogP contribution in [0.25, 0.3) is 22.4 Å². The second-order valence-electron chi connectivity index (χ2n) is 5.87. The van der Waals surface area contributed by atoms with E-state index < -0.39 is 0 Å². The van der Waals surface area contributed by atoms with E-state index in [9.17, 15) is 0 Å². The summed E-state index contributed by atoms with van der Waals surface area (Å²) in [4.78, 5) is 8.03. The molecule has 0 unspecified atom stereocenters. The molecule has 0 saturated carbocycles. The van der Waals surface area contributed by atoms with Crippen molar-refractivity contribution in [3.8, 4) is 22.9 Å². The van der Waals surface area contributed by atoms with Gasteiger partial charge in [-0.05, 0) is 77.2 Å². The van der Waals surface area contributed by atoms with Crippen LogP contribution in [-0.2, 0) is 6.61 Å². The number of hydrogen-bond donors (Lipinski definition) is 1. The fourth-order valence-electron chi connectivity index (χ4n) is 2.82. The third-order valence-corrected chi connectivity index (χ3v) is 4.87. The van der Waals surface area contributed by atoms with Crippen molar-refractivity contribution in [2.75, 3.05) is 7.11 Å². The maximum absolute atomic E-state index is 5.93. The van der Waals surface area contributed by atoms with Gasteiger partial charge < -0.3 is 14.5 Å². The fraction of sp³-hybridized carbons (Fsp3) is 0.0952. The molecule has 0 saturated heterocycles. The zero-order valence-electron chi connectivity index (χ0n) is 14.2. The molecule has 1 heterocycles. The minimum atomic E-state index is 0.428. The van der Waals surface area contributed by atoms with E-state index in [-0.39, 0.29) is 0 Å². The Labute approximate surface area is 165 Å². The molecule has 0 amide bonds. The number of nitrogens with zero attached hydrogens (tertiary/aromatic N) is 1. The first kappa shape index (κ1) is 16.9. The molecule has 0 spiro atoms. The zero-order valence-corrected chi connectivity index (χ0v) is 16.4.